The average molecular weight is 167 g/mol. The second-order valence-electron chi connectivity index (χ2n) is 3.94. The Balaban J connectivity index is 1.89. The van der Waals surface area contributed by atoms with Gasteiger partial charge in [0, 0.05) is 12.5 Å². The lowest BCUT2D eigenvalue weighted by Crippen LogP contribution is -2.39. The molecule has 1 heterocycles. The minimum atomic E-state index is 0.202. The quantitative estimate of drug-likeness (QED) is 0.643. The Kier molecular flexibility index (Phi) is 2.09. The largest absolute Gasteiger partial charge is 0.495 e. The molecule has 2 heteroatoms. The van der Waals surface area contributed by atoms with Gasteiger partial charge in [-0.15, -0.1) is 0 Å². The Morgan fingerprint density at radius 3 is 2.67 bits per heavy atom. The summed E-state index contributed by atoms with van der Waals surface area (Å²) in [5, 5.41) is 3.33. The monoisotopic (exact) mass is 167 g/mol. The van der Waals surface area contributed by atoms with E-state index in [-0.39, 0.29) is 5.60 Å². The van der Waals surface area contributed by atoms with Gasteiger partial charge < -0.3 is 10.1 Å². The normalized spacial score (nSPS) is 40.2. The van der Waals surface area contributed by atoms with Crippen molar-refractivity contribution in [2.75, 3.05) is 7.05 Å². The number of hydrogen-bond donors (Lipinski definition) is 1. The zero-order valence-corrected chi connectivity index (χ0v) is 7.68. The maximum absolute atomic E-state index is 5.67. The first kappa shape index (κ1) is 8.11. The zero-order chi connectivity index (χ0) is 8.44. The molecule has 2 nitrogen and oxygen atoms in total. The van der Waals surface area contributed by atoms with Crippen molar-refractivity contribution in [3.05, 3.63) is 12.3 Å². The predicted molar refractivity (Wildman–Crippen MR) is 48.9 cm³/mol. The molecule has 1 fully saturated rings. The van der Waals surface area contributed by atoms with Crippen LogP contribution in [0.2, 0.25) is 0 Å². The fourth-order valence-electron chi connectivity index (χ4n) is 2.26. The first-order chi connectivity index (χ1) is 5.85. The van der Waals surface area contributed by atoms with Crippen LogP contribution in [0.3, 0.4) is 0 Å². The van der Waals surface area contributed by atoms with Crippen LogP contribution in [0.15, 0.2) is 12.3 Å². The molecule has 68 valence electrons. The zero-order valence-electron chi connectivity index (χ0n) is 7.68. The molecule has 2 rings (SSSR count). The van der Waals surface area contributed by atoms with Gasteiger partial charge in [0.25, 0.3) is 0 Å². The van der Waals surface area contributed by atoms with Crippen LogP contribution < -0.4 is 5.32 Å². The molecule has 12 heavy (non-hydrogen) atoms. The molecule has 0 radical (unpaired) electrons. The number of rotatable bonds is 1. The maximum atomic E-state index is 5.67. The molecule has 1 spiro atoms. The highest BCUT2D eigenvalue weighted by Gasteiger charge is 2.37. The van der Waals surface area contributed by atoms with Crippen LogP contribution in [0.5, 0.6) is 0 Å². The van der Waals surface area contributed by atoms with Gasteiger partial charge in [-0.25, -0.2) is 0 Å². The molecule has 1 N–H and O–H groups in total. The molecule has 0 aromatic rings. The number of ether oxygens (including phenoxy) is 1. The van der Waals surface area contributed by atoms with E-state index in [2.05, 4.69) is 18.4 Å². The molecule has 1 aliphatic heterocycles. The van der Waals surface area contributed by atoms with Crippen molar-refractivity contribution >= 4 is 0 Å². The van der Waals surface area contributed by atoms with E-state index in [1.807, 2.05) is 6.26 Å². The highest BCUT2D eigenvalue weighted by atomic mass is 16.5. The van der Waals surface area contributed by atoms with E-state index in [4.69, 9.17) is 4.74 Å². The first-order valence-corrected chi connectivity index (χ1v) is 4.85. The lowest BCUT2D eigenvalue weighted by Gasteiger charge is -2.36. The Labute approximate surface area is 74.0 Å². The predicted octanol–water partition coefficient (Wildman–Crippen LogP) is 1.82. The summed E-state index contributed by atoms with van der Waals surface area (Å²) in [5.74, 6) is 0. The Morgan fingerprint density at radius 2 is 2.17 bits per heavy atom. The minimum absolute atomic E-state index is 0.202. The Morgan fingerprint density at radius 1 is 1.42 bits per heavy atom. The van der Waals surface area contributed by atoms with Crippen molar-refractivity contribution < 1.29 is 4.74 Å². The maximum Gasteiger partial charge on any atom is 0.112 e. The minimum Gasteiger partial charge on any atom is -0.495 e. The van der Waals surface area contributed by atoms with Crippen molar-refractivity contribution in [2.24, 2.45) is 0 Å². The fourth-order valence-corrected chi connectivity index (χ4v) is 2.26. The third-order valence-corrected chi connectivity index (χ3v) is 3.21. The highest BCUT2D eigenvalue weighted by molar-refractivity contribution is 5.01. The lowest BCUT2D eigenvalue weighted by molar-refractivity contribution is 0.00285. The van der Waals surface area contributed by atoms with Gasteiger partial charge in [0.1, 0.15) is 5.60 Å². The number of nitrogens with one attached hydrogen (secondary N) is 1. The summed E-state index contributed by atoms with van der Waals surface area (Å²) in [6.07, 6.45) is 10.1. The van der Waals surface area contributed by atoms with Crippen molar-refractivity contribution in [3.63, 3.8) is 0 Å². The summed E-state index contributed by atoms with van der Waals surface area (Å²) < 4.78 is 5.67. The molecule has 0 bridgehead atoms. The number of hydrogen-bond acceptors (Lipinski definition) is 2. The highest BCUT2D eigenvalue weighted by Crippen LogP contribution is 2.37. The van der Waals surface area contributed by atoms with E-state index < -0.39 is 0 Å². The van der Waals surface area contributed by atoms with Gasteiger partial charge in [-0.3, -0.25) is 0 Å². The molecule has 0 unspecified atom stereocenters. The van der Waals surface area contributed by atoms with Crippen LogP contribution in [0.25, 0.3) is 0 Å². The van der Waals surface area contributed by atoms with E-state index in [0.29, 0.717) is 0 Å². The van der Waals surface area contributed by atoms with E-state index >= 15 is 0 Å². The summed E-state index contributed by atoms with van der Waals surface area (Å²) in [6, 6.07) is 0.722. The molecule has 0 saturated heterocycles. The van der Waals surface area contributed by atoms with Gasteiger partial charge in [0.2, 0.25) is 0 Å². The average Bonchev–Trinajstić information content (AvgIpc) is 2.55. The summed E-state index contributed by atoms with van der Waals surface area (Å²) >= 11 is 0. The van der Waals surface area contributed by atoms with Gasteiger partial charge in [0.15, 0.2) is 0 Å². The van der Waals surface area contributed by atoms with Gasteiger partial charge in [-0.05, 0) is 38.8 Å². The van der Waals surface area contributed by atoms with Crippen molar-refractivity contribution in [3.8, 4) is 0 Å². The molecule has 0 aromatic carbocycles. The van der Waals surface area contributed by atoms with Gasteiger partial charge in [-0.1, -0.05) is 0 Å². The molecule has 2 aliphatic rings. The van der Waals surface area contributed by atoms with Crippen LogP contribution in [-0.2, 0) is 4.74 Å². The van der Waals surface area contributed by atoms with Crippen LogP contribution in [0.4, 0.5) is 0 Å². The molecule has 0 amide bonds. The first-order valence-electron chi connectivity index (χ1n) is 4.85. The molecular formula is C10H17NO. The summed E-state index contributed by atoms with van der Waals surface area (Å²) in [7, 11) is 2.05. The molecular weight excluding hydrogens is 150 g/mol. The molecule has 0 atom stereocenters. The fraction of sp³-hybridized carbons (Fsp3) is 0.800. The van der Waals surface area contributed by atoms with Crippen LogP contribution in [-0.4, -0.2) is 18.7 Å². The lowest BCUT2D eigenvalue weighted by atomic mass is 9.81. The smallest absolute Gasteiger partial charge is 0.112 e. The SMILES string of the molecule is CNC1CCC2(CC=CO2)CC1. The Bertz CT molecular complexity index is 170. The van der Waals surface area contributed by atoms with Gasteiger partial charge in [-0.2, -0.15) is 0 Å². The summed E-state index contributed by atoms with van der Waals surface area (Å²) in [6.45, 7) is 0. The summed E-state index contributed by atoms with van der Waals surface area (Å²) in [5.41, 5.74) is 0.202. The molecule has 1 saturated carbocycles. The van der Waals surface area contributed by atoms with E-state index in [0.717, 1.165) is 12.5 Å². The van der Waals surface area contributed by atoms with E-state index in [1.165, 1.54) is 25.7 Å². The van der Waals surface area contributed by atoms with Crippen LogP contribution >= 0.6 is 0 Å². The topological polar surface area (TPSA) is 21.3 Å². The standard InChI is InChI=1S/C10H17NO/c1-11-9-3-6-10(7-4-9)5-2-8-12-10/h2,8-9,11H,3-7H2,1H3. The van der Waals surface area contributed by atoms with Crippen molar-refractivity contribution in [2.45, 2.75) is 43.7 Å². The molecule has 0 aromatic heterocycles. The van der Waals surface area contributed by atoms with Crippen LogP contribution in [0.1, 0.15) is 32.1 Å². The molecule has 1 aliphatic carbocycles. The van der Waals surface area contributed by atoms with Crippen LogP contribution in [0, 0.1) is 0 Å². The van der Waals surface area contributed by atoms with E-state index in [1.54, 1.807) is 0 Å². The second kappa shape index (κ2) is 3.09. The van der Waals surface area contributed by atoms with Crippen molar-refractivity contribution in [1.82, 2.24) is 5.32 Å². The van der Waals surface area contributed by atoms with Gasteiger partial charge >= 0.3 is 0 Å². The second-order valence-corrected chi connectivity index (χ2v) is 3.94. The summed E-state index contributed by atoms with van der Waals surface area (Å²) in [4.78, 5) is 0. The van der Waals surface area contributed by atoms with Crippen molar-refractivity contribution in [1.29, 1.82) is 0 Å². The third kappa shape index (κ3) is 1.36. The van der Waals surface area contributed by atoms with Gasteiger partial charge in [0.05, 0.1) is 6.26 Å². The van der Waals surface area contributed by atoms with E-state index in [9.17, 15) is 0 Å². The Hall–Kier alpha value is -0.500. The third-order valence-electron chi connectivity index (χ3n) is 3.21.